The second-order valence-electron chi connectivity index (χ2n) is 7.26. The molecule has 2 aromatic carbocycles. The highest BCUT2D eigenvalue weighted by atomic mass is 19.3. The van der Waals surface area contributed by atoms with E-state index in [4.69, 9.17) is 9.52 Å². The summed E-state index contributed by atoms with van der Waals surface area (Å²) >= 11 is 0. The number of hydrazone groups is 1. The Morgan fingerprint density at radius 1 is 0.929 bits per heavy atom. The van der Waals surface area contributed by atoms with E-state index in [1.807, 2.05) is 53.5 Å². The zero-order valence-electron chi connectivity index (χ0n) is 15.0. The number of para-hydroxylation sites is 1. The monoisotopic (exact) mass is 380 g/mol. The largest absolute Gasteiger partial charge is 0.419 e. The van der Waals surface area contributed by atoms with Crippen LogP contribution >= 0.6 is 0 Å². The molecule has 0 saturated heterocycles. The third-order valence-electron chi connectivity index (χ3n) is 5.24. The first-order chi connectivity index (χ1) is 13.6. The highest BCUT2D eigenvalue weighted by Crippen LogP contribution is 2.48. The van der Waals surface area contributed by atoms with Gasteiger partial charge < -0.3 is 4.42 Å². The van der Waals surface area contributed by atoms with Crippen molar-refractivity contribution < 1.29 is 13.2 Å². The van der Waals surface area contributed by atoms with Crippen LogP contribution in [0.25, 0.3) is 0 Å². The first-order valence-electron chi connectivity index (χ1n) is 9.27. The Bertz CT molecular complexity index is 996. The van der Waals surface area contributed by atoms with Crippen LogP contribution in [0.3, 0.4) is 0 Å². The Hall–Kier alpha value is -3.09. The molecule has 7 heteroatoms. The zero-order chi connectivity index (χ0) is 19.1. The van der Waals surface area contributed by atoms with Crippen LogP contribution in [-0.4, -0.2) is 21.8 Å². The molecule has 1 fully saturated rings. The van der Waals surface area contributed by atoms with E-state index < -0.39 is 5.92 Å². The third kappa shape index (κ3) is 3.06. The summed E-state index contributed by atoms with van der Waals surface area (Å²) in [7, 11) is 0. The van der Waals surface area contributed by atoms with Gasteiger partial charge in [0.1, 0.15) is 5.71 Å². The van der Waals surface area contributed by atoms with E-state index >= 15 is 0 Å². The molecule has 5 nitrogen and oxygen atoms in total. The standard InChI is InChI=1S/C21H18F2N4O/c22-21(23)12-15(13-21)19-24-25-20(28-19)17-11-18(14-7-3-1-4-8-14)27(26-17)16-9-5-2-6-10-16/h1-10,15,18H,11-13H2. The average Bonchev–Trinajstić information content (AvgIpc) is 3.35. The highest BCUT2D eigenvalue weighted by molar-refractivity contribution is 5.99. The quantitative estimate of drug-likeness (QED) is 0.643. The lowest BCUT2D eigenvalue weighted by atomic mass is 9.81. The smallest absolute Gasteiger partial charge is 0.263 e. The van der Waals surface area contributed by atoms with Gasteiger partial charge in [-0.2, -0.15) is 5.10 Å². The van der Waals surface area contributed by atoms with Gasteiger partial charge in [0.25, 0.3) is 5.89 Å². The number of halogens is 2. The molecule has 0 spiro atoms. The van der Waals surface area contributed by atoms with Gasteiger partial charge in [-0.1, -0.05) is 48.5 Å². The summed E-state index contributed by atoms with van der Waals surface area (Å²) < 4.78 is 32.0. The molecule has 0 radical (unpaired) electrons. The number of alkyl halides is 2. The van der Waals surface area contributed by atoms with E-state index in [-0.39, 0.29) is 30.7 Å². The lowest BCUT2D eigenvalue weighted by Gasteiger charge is -2.32. The SMILES string of the molecule is FC1(F)CC(c2nnc(C3=NN(c4ccccc4)C(c4ccccc4)C3)o2)C1. The van der Waals surface area contributed by atoms with Crippen LogP contribution in [0.1, 0.15) is 48.6 Å². The minimum Gasteiger partial charge on any atom is -0.419 e. The van der Waals surface area contributed by atoms with Crippen molar-refractivity contribution >= 4 is 11.4 Å². The van der Waals surface area contributed by atoms with E-state index in [2.05, 4.69) is 22.3 Å². The Morgan fingerprint density at radius 3 is 2.29 bits per heavy atom. The Kier molecular flexibility index (Phi) is 3.96. The first kappa shape index (κ1) is 17.0. The molecular weight excluding hydrogens is 362 g/mol. The van der Waals surface area contributed by atoms with Crippen molar-refractivity contribution in [1.82, 2.24) is 10.2 Å². The average molecular weight is 380 g/mol. The van der Waals surface area contributed by atoms with Gasteiger partial charge in [0.05, 0.1) is 11.7 Å². The Morgan fingerprint density at radius 2 is 1.61 bits per heavy atom. The molecule has 0 bridgehead atoms. The van der Waals surface area contributed by atoms with E-state index in [1.165, 1.54) is 0 Å². The number of hydrogen-bond acceptors (Lipinski definition) is 5. The summed E-state index contributed by atoms with van der Waals surface area (Å²) in [6.45, 7) is 0. The number of benzene rings is 2. The molecule has 5 rings (SSSR count). The third-order valence-corrected chi connectivity index (χ3v) is 5.24. The van der Waals surface area contributed by atoms with Crippen molar-refractivity contribution in [3.05, 3.63) is 78.0 Å². The molecule has 2 aliphatic rings. The molecule has 3 aromatic rings. The molecule has 1 unspecified atom stereocenters. The maximum absolute atomic E-state index is 13.1. The lowest BCUT2D eigenvalue weighted by Crippen LogP contribution is -2.33. The summed E-state index contributed by atoms with van der Waals surface area (Å²) in [5, 5.41) is 14.8. The Labute approximate surface area is 160 Å². The van der Waals surface area contributed by atoms with Gasteiger partial charge in [0.2, 0.25) is 11.8 Å². The summed E-state index contributed by atoms with van der Waals surface area (Å²) in [6.07, 6.45) is 0.134. The van der Waals surface area contributed by atoms with Crippen LogP contribution in [0, 0.1) is 0 Å². The molecule has 1 saturated carbocycles. The molecule has 1 atom stereocenters. The minimum atomic E-state index is -2.62. The molecule has 1 aliphatic carbocycles. The molecular formula is C21H18F2N4O. The summed E-state index contributed by atoms with van der Waals surface area (Å²) in [4.78, 5) is 0. The van der Waals surface area contributed by atoms with Crippen LogP contribution in [-0.2, 0) is 0 Å². The minimum absolute atomic E-state index is 0.00184. The zero-order valence-corrected chi connectivity index (χ0v) is 15.0. The maximum atomic E-state index is 13.1. The number of hydrogen-bond donors (Lipinski definition) is 0. The highest BCUT2D eigenvalue weighted by Gasteiger charge is 2.48. The lowest BCUT2D eigenvalue weighted by molar-refractivity contribution is -0.0918. The first-order valence-corrected chi connectivity index (χ1v) is 9.27. The second kappa shape index (κ2) is 6.51. The van der Waals surface area contributed by atoms with Crippen molar-refractivity contribution in [1.29, 1.82) is 0 Å². The van der Waals surface area contributed by atoms with E-state index in [1.54, 1.807) is 0 Å². The van der Waals surface area contributed by atoms with Gasteiger partial charge in [-0.25, -0.2) is 8.78 Å². The fraction of sp³-hybridized carbons (Fsp3) is 0.286. The van der Waals surface area contributed by atoms with Crippen LogP contribution < -0.4 is 5.01 Å². The molecule has 0 amide bonds. The topological polar surface area (TPSA) is 54.5 Å². The van der Waals surface area contributed by atoms with Crippen molar-refractivity contribution in [3.8, 4) is 0 Å². The van der Waals surface area contributed by atoms with Crippen molar-refractivity contribution in [2.24, 2.45) is 5.10 Å². The second-order valence-corrected chi connectivity index (χ2v) is 7.26. The van der Waals surface area contributed by atoms with E-state index in [0.717, 1.165) is 11.3 Å². The fourth-order valence-corrected chi connectivity index (χ4v) is 3.74. The van der Waals surface area contributed by atoms with Gasteiger partial charge >= 0.3 is 0 Å². The fourth-order valence-electron chi connectivity index (χ4n) is 3.74. The van der Waals surface area contributed by atoms with Crippen LogP contribution in [0.15, 0.2) is 70.2 Å². The van der Waals surface area contributed by atoms with Crippen LogP contribution in [0.4, 0.5) is 14.5 Å². The van der Waals surface area contributed by atoms with Crippen LogP contribution in [0.2, 0.25) is 0 Å². The van der Waals surface area contributed by atoms with Crippen molar-refractivity contribution in [2.45, 2.75) is 37.1 Å². The molecule has 0 N–H and O–H groups in total. The predicted octanol–water partition coefficient (Wildman–Crippen LogP) is 4.94. The predicted molar refractivity (Wildman–Crippen MR) is 100 cm³/mol. The van der Waals surface area contributed by atoms with E-state index in [0.29, 0.717) is 18.0 Å². The molecule has 142 valence electrons. The summed E-state index contributed by atoms with van der Waals surface area (Å²) in [5.74, 6) is -2.40. The van der Waals surface area contributed by atoms with Crippen molar-refractivity contribution in [2.75, 3.05) is 5.01 Å². The molecule has 2 heterocycles. The normalized spacial score (nSPS) is 21.4. The van der Waals surface area contributed by atoms with Gasteiger partial charge in [0.15, 0.2) is 0 Å². The number of aromatic nitrogens is 2. The number of rotatable bonds is 4. The number of anilines is 1. The van der Waals surface area contributed by atoms with Gasteiger partial charge in [0, 0.05) is 25.2 Å². The van der Waals surface area contributed by atoms with Gasteiger partial charge in [-0.3, -0.25) is 5.01 Å². The summed E-state index contributed by atoms with van der Waals surface area (Å²) in [5.41, 5.74) is 2.76. The summed E-state index contributed by atoms with van der Waals surface area (Å²) in [6, 6.07) is 20.0. The van der Waals surface area contributed by atoms with Crippen molar-refractivity contribution in [3.63, 3.8) is 0 Å². The van der Waals surface area contributed by atoms with Crippen LogP contribution in [0.5, 0.6) is 0 Å². The number of nitrogens with zero attached hydrogens (tertiary/aromatic N) is 4. The Balaban J connectivity index is 1.45. The molecule has 28 heavy (non-hydrogen) atoms. The molecule has 1 aliphatic heterocycles. The maximum Gasteiger partial charge on any atom is 0.263 e. The molecule has 1 aromatic heterocycles. The van der Waals surface area contributed by atoms with Gasteiger partial charge in [-0.15, -0.1) is 10.2 Å². The van der Waals surface area contributed by atoms with E-state index in [9.17, 15) is 8.78 Å². The van der Waals surface area contributed by atoms with Gasteiger partial charge in [-0.05, 0) is 17.7 Å².